The highest BCUT2D eigenvalue weighted by Gasteiger charge is 2.12. The lowest BCUT2D eigenvalue weighted by Crippen LogP contribution is -1.92. The maximum Gasteiger partial charge on any atom is 0.163 e. The number of rotatable bonds is 1. The fourth-order valence-electron chi connectivity index (χ4n) is 1.63. The molecule has 76 valence electrons. The van der Waals surface area contributed by atoms with Crippen LogP contribution in [0.1, 0.15) is 17.3 Å². The number of benzene rings is 2. The first-order valence-electron chi connectivity index (χ1n) is 4.56. The Morgan fingerprint density at radius 1 is 1.13 bits per heavy atom. The molecule has 0 aromatic heterocycles. The van der Waals surface area contributed by atoms with Gasteiger partial charge in [-0.05, 0) is 24.4 Å². The van der Waals surface area contributed by atoms with Crippen molar-refractivity contribution < 1.29 is 15.0 Å². The molecule has 2 N–H and O–H groups in total. The lowest BCUT2D eigenvalue weighted by molar-refractivity contribution is 0.101. The predicted octanol–water partition coefficient (Wildman–Crippen LogP) is 2.45. The minimum Gasteiger partial charge on any atom is -0.507 e. The number of hydrogen-bond acceptors (Lipinski definition) is 3. The Morgan fingerprint density at radius 2 is 1.87 bits per heavy atom. The third kappa shape index (κ3) is 1.42. The highest BCUT2D eigenvalue weighted by molar-refractivity contribution is 6.05. The molecule has 2 aromatic carbocycles. The van der Waals surface area contributed by atoms with E-state index in [-0.39, 0.29) is 22.8 Å². The highest BCUT2D eigenvalue weighted by atomic mass is 16.3. The molecule has 15 heavy (non-hydrogen) atoms. The summed E-state index contributed by atoms with van der Waals surface area (Å²) in [5.74, 6) is -0.399. The Balaban J connectivity index is 2.89. The first kappa shape index (κ1) is 9.52. The van der Waals surface area contributed by atoms with Crippen LogP contribution in [0.5, 0.6) is 11.5 Å². The molecule has 0 atom stereocenters. The maximum absolute atomic E-state index is 11.2. The van der Waals surface area contributed by atoms with Gasteiger partial charge in [0.05, 0.1) is 10.9 Å². The number of phenols is 2. The number of carbonyl (C=O) groups excluding carboxylic acids is 1. The van der Waals surface area contributed by atoms with Crippen molar-refractivity contribution in [3.63, 3.8) is 0 Å². The average Bonchev–Trinajstić information content (AvgIpc) is 2.17. The van der Waals surface area contributed by atoms with Gasteiger partial charge in [0, 0.05) is 0 Å². The normalized spacial score (nSPS) is 10.5. The van der Waals surface area contributed by atoms with Crippen molar-refractivity contribution in [2.45, 2.75) is 6.92 Å². The van der Waals surface area contributed by atoms with E-state index in [9.17, 15) is 15.0 Å². The zero-order chi connectivity index (χ0) is 11.0. The van der Waals surface area contributed by atoms with Gasteiger partial charge < -0.3 is 10.2 Å². The first-order valence-corrected chi connectivity index (χ1v) is 4.56. The number of Topliss-reactive ketones (excluding diaryl/α,β-unsaturated/α-hetero) is 1. The molecule has 3 heteroatoms. The Labute approximate surface area is 86.6 Å². The number of fused-ring (bicyclic) bond motifs is 1. The number of phenolic OH excluding ortho intramolecular Hbond substituents is 2. The van der Waals surface area contributed by atoms with E-state index in [4.69, 9.17) is 0 Å². The van der Waals surface area contributed by atoms with Crippen LogP contribution in [0.3, 0.4) is 0 Å². The van der Waals surface area contributed by atoms with E-state index >= 15 is 0 Å². The SMILES string of the molecule is CC(=O)c1ccc2cccc(O)c2c1O. The van der Waals surface area contributed by atoms with Crippen LogP contribution in [0.2, 0.25) is 0 Å². The van der Waals surface area contributed by atoms with Crippen molar-refractivity contribution in [3.8, 4) is 11.5 Å². The predicted molar refractivity (Wildman–Crippen MR) is 57.3 cm³/mol. The van der Waals surface area contributed by atoms with Gasteiger partial charge in [0.25, 0.3) is 0 Å². The average molecular weight is 202 g/mol. The van der Waals surface area contributed by atoms with E-state index in [2.05, 4.69) is 0 Å². The van der Waals surface area contributed by atoms with Crippen LogP contribution < -0.4 is 0 Å². The van der Waals surface area contributed by atoms with Crippen LogP contribution in [0.15, 0.2) is 30.3 Å². The van der Waals surface area contributed by atoms with Gasteiger partial charge in [0.15, 0.2) is 5.78 Å². The van der Waals surface area contributed by atoms with Gasteiger partial charge in [-0.2, -0.15) is 0 Å². The van der Waals surface area contributed by atoms with E-state index < -0.39 is 0 Å². The number of hydrogen-bond donors (Lipinski definition) is 2. The van der Waals surface area contributed by atoms with E-state index in [0.29, 0.717) is 10.8 Å². The molecule has 2 aromatic rings. The zero-order valence-corrected chi connectivity index (χ0v) is 8.19. The molecule has 0 saturated heterocycles. The monoisotopic (exact) mass is 202 g/mol. The highest BCUT2D eigenvalue weighted by Crippen LogP contribution is 2.35. The van der Waals surface area contributed by atoms with E-state index in [1.165, 1.54) is 13.0 Å². The topological polar surface area (TPSA) is 57.5 Å². The largest absolute Gasteiger partial charge is 0.507 e. The Bertz CT molecular complexity index is 544. The number of carbonyl (C=O) groups is 1. The van der Waals surface area contributed by atoms with Gasteiger partial charge in [0.2, 0.25) is 0 Å². The van der Waals surface area contributed by atoms with Crippen molar-refractivity contribution in [3.05, 3.63) is 35.9 Å². The van der Waals surface area contributed by atoms with Crippen LogP contribution >= 0.6 is 0 Å². The zero-order valence-electron chi connectivity index (χ0n) is 8.19. The second kappa shape index (κ2) is 3.28. The van der Waals surface area contributed by atoms with Crippen LogP contribution in [0.4, 0.5) is 0 Å². The minimum atomic E-state index is -0.224. The fourth-order valence-corrected chi connectivity index (χ4v) is 1.63. The van der Waals surface area contributed by atoms with Crippen molar-refractivity contribution >= 4 is 16.6 Å². The second-order valence-corrected chi connectivity index (χ2v) is 3.39. The first-order chi connectivity index (χ1) is 7.11. The summed E-state index contributed by atoms with van der Waals surface area (Å²) >= 11 is 0. The lowest BCUT2D eigenvalue weighted by Gasteiger charge is -2.06. The van der Waals surface area contributed by atoms with Crippen LogP contribution in [-0.2, 0) is 0 Å². The molecule has 0 bridgehead atoms. The maximum atomic E-state index is 11.2. The van der Waals surface area contributed by atoms with Gasteiger partial charge in [-0.1, -0.05) is 18.2 Å². The molecule has 0 aliphatic carbocycles. The Hall–Kier alpha value is -2.03. The smallest absolute Gasteiger partial charge is 0.163 e. The molecule has 0 radical (unpaired) electrons. The molecular weight excluding hydrogens is 192 g/mol. The summed E-state index contributed by atoms with van der Waals surface area (Å²) in [6, 6.07) is 8.18. The molecule has 3 nitrogen and oxygen atoms in total. The summed E-state index contributed by atoms with van der Waals surface area (Å²) in [4.78, 5) is 11.2. The molecular formula is C12H10O3. The fraction of sp³-hybridized carbons (Fsp3) is 0.0833. The van der Waals surface area contributed by atoms with Crippen LogP contribution in [-0.4, -0.2) is 16.0 Å². The van der Waals surface area contributed by atoms with Gasteiger partial charge in [-0.3, -0.25) is 4.79 Å². The van der Waals surface area contributed by atoms with Crippen molar-refractivity contribution in [2.75, 3.05) is 0 Å². The second-order valence-electron chi connectivity index (χ2n) is 3.39. The van der Waals surface area contributed by atoms with E-state index in [1.54, 1.807) is 24.3 Å². The van der Waals surface area contributed by atoms with Crippen molar-refractivity contribution in [2.24, 2.45) is 0 Å². The van der Waals surface area contributed by atoms with Gasteiger partial charge in [-0.15, -0.1) is 0 Å². The summed E-state index contributed by atoms with van der Waals surface area (Å²) in [5.41, 5.74) is 0.226. The molecule has 0 heterocycles. The molecule has 2 rings (SSSR count). The third-order valence-electron chi connectivity index (χ3n) is 2.38. The summed E-state index contributed by atoms with van der Waals surface area (Å²) in [6.07, 6.45) is 0. The summed E-state index contributed by atoms with van der Waals surface area (Å²) < 4.78 is 0. The third-order valence-corrected chi connectivity index (χ3v) is 2.38. The van der Waals surface area contributed by atoms with E-state index in [1.807, 2.05) is 0 Å². The lowest BCUT2D eigenvalue weighted by atomic mass is 10.0. The minimum absolute atomic E-state index is 0.0203. The Morgan fingerprint density at radius 3 is 2.53 bits per heavy atom. The molecule has 0 unspecified atom stereocenters. The van der Waals surface area contributed by atoms with Gasteiger partial charge in [0.1, 0.15) is 11.5 Å². The Kier molecular flexibility index (Phi) is 2.08. The van der Waals surface area contributed by atoms with Gasteiger partial charge in [-0.25, -0.2) is 0 Å². The van der Waals surface area contributed by atoms with Crippen LogP contribution in [0, 0.1) is 0 Å². The van der Waals surface area contributed by atoms with Crippen molar-refractivity contribution in [1.29, 1.82) is 0 Å². The molecule has 0 spiro atoms. The van der Waals surface area contributed by atoms with Crippen LogP contribution in [0.25, 0.3) is 10.8 Å². The van der Waals surface area contributed by atoms with E-state index in [0.717, 1.165) is 0 Å². The quantitative estimate of drug-likeness (QED) is 0.698. The standard InChI is InChI=1S/C12H10O3/c1-7(13)9-6-5-8-3-2-4-10(14)11(8)12(9)15/h2-6,14-15H,1H3. The molecule has 0 saturated carbocycles. The molecule has 0 amide bonds. The molecule has 0 aliphatic rings. The summed E-state index contributed by atoms with van der Waals surface area (Å²) in [7, 11) is 0. The number of ketones is 1. The number of aromatic hydroxyl groups is 2. The molecule has 0 aliphatic heterocycles. The summed E-state index contributed by atoms with van der Waals surface area (Å²) in [5, 5.41) is 20.4. The molecule has 0 fully saturated rings. The van der Waals surface area contributed by atoms with Gasteiger partial charge >= 0.3 is 0 Å². The summed E-state index contributed by atoms with van der Waals surface area (Å²) in [6.45, 7) is 1.38. The van der Waals surface area contributed by atoms with Crippen molar-refractivity contribution in [1.82, 2.24) is 0 Å².